The van der Waals surface area contributed by atoms with E-state index in [0.29, 0.717) is 15.7 Å². The highest BCUT2D eigenvalue weighted by molar-refractivity contribution is 7.85. The van der Waals surface area contributed by atoms with Crippen molar-refractivity contribution >= 4 is 58.5 Å². The van der Waals surface area contributed by atoms with Crippen LogP contribution in [0, 0.1) is 0 Å². The van der Waals surface area contributed by atoms with Crippen molar-refractivity contribution in [2.75, 3.05) is 13.7 Å². The van der Waals surface area contributed by atoms with Crippen molar-refractivity contribution in [3.05, 3.63) is 93.3 Å². The third-order valence-corrected chi connectivity index (χ3v) is 7.41. The Hall–Kier alpha value is -3.72. The molecule has 41 heavy (non-hydrogen) atoms. The second-order valence-electron chi connectivity index (χ2n) is 9.48. The summed E-state index contributed by atoms with van der Waals surface area (Å²) >= 11 is 16.9. The number of aliphatic carboxylic acids is 1. The van der Waals surface area contributed by atoms with Crippen LogP contribution in [0.1, 0.15) is 26.3 Å². The lowest BCUT2D eigenvalue weighted by molar-refractivity contribution is -0.136. The topological polar surface area (TPSA) is 93.5 Å². The molecule has 10 heteroatoms. The predicted molar refractivity (Wildman–Crippen MR) is 168 cm³/mol. The van der Waals surface area contributed by atoms with Crippen LogP contribution in [-0.2, 0) is 9.59 Å². The Morgan fingerprint density at radius 3 is 2.39 bits per heavy atom. The van der Waals surface area contributed by atoms with Crippen molar-refractivity contribution in [2.24, 2.45) is 0 Å². The molecule has 0 saturated heterocycles. The summed E-state index contributed by atoms with van der Waals surface area (Å²) in [6, 6.07) is 19.3. The molecule has 0 aliphatic rings. The number of nitrogens with zero attached hydrogens (tertiary/aromatic N) is 2. The monoisotopic (exact) mass is 609 g/mol. The molecule has 0 aliphatic heterocycles. The van der Waals surface area contributed by atoms with Gasteiger partial charge in [0.25, 0.3) is 5.91 Å². The number of hydrogen-bond donors (Lipinski definition) is 3. The van der Waals surface area contributed by atoms with Crippen LogP contribution in [0.5, 0.6) is 5.75 Å². The van der Waals surface area contributed by atoms with Gasteiger partial charge in [-0.25, -0.2) is 0 Å². The number of carboxylic acid groups (broad SMARTS) is 1. The zero-order chi connectivity index (χ0) is 29.7. The van der Waals surface area contributed by atoms with Gasteiger partial charge in [0.1, 0.15) is 5.75 Å². The van der Waals surface area contributed by atoms with Gasteiger partial charge in [-0.2, -0.15) is 5.10 Å². The van der Waals surface area contributed by atoms with Crippen LogP contribution >= 0.6 is 35.8 Å². The van der Waals surface area contributed by atoms with Gasteiger partial charge in [-0.05, 0) is 78.7 Å². The predicted octanol–water partition coefficient (Wildman–Crippen LogP) is 7.60. The SMILES string of the molecule is COc1ccc2cc(-c3cc(-c4cc(Cl)cc(Cl)c4)nn3C(C)/C(C)=C/C=C(\S)C(=O)NCCC(=O)O)ccc2c1. The van der Waals surface area contributed by atoms with E-state index in [4.69, 9.17) is 38.1 Å². The van der Waals surface area contributed by atoms with Gasteiger partial charge < -0.3 is 15.2 Å². The van der Waals surface area contributed by atoms with E-state index in [0.717, 1.165) is 38.9 Å². The number of amides is 1. The molecular formula is C31H29Cl2N3O4S. The van der Waals surface area contributed by atoms with E-state index in [2.05, 4.69) is 24.0 Å². The minimum absolute atomic E-state index is 0.0245. The van der Waals surface area contributed by atoms with E-state index in [9.17, 15) is 9.59 Å². The molecule has 0 aliphatic carbocycles. The second-order valence-corrected chi connectivity index (χ2v) is 10.8. The molecule has 3 aromatic carbocycles. The zero-order valence-corrected chi connectivity index (χ0v) is 25.1. The zero-order valence-electron chi connectivity index (χ0n) is 22.7. The van der Waals surface area contributed by atoms with Crippen LogP contribution in [-0.4, -0.2) is 40.4 Å². The summed E-state index contributed by atoms with van der Waals surface area (Å²) in [6.45, 7) is 3.98. The van der Waals surface area contributed by atoms with Gasteiger partial charge in [-0.1, -0.05) is 47.5 Å². The smallest absolute Gasteiger partial charge is 0.305 e. The first kappa shape index (κ1) is 30.2. The number of benzene rings is 3. The Morgan fingerprint density at radius 2 is 1.71 bits per heavy atom. The largest absolute Gasteiger partial charge is 0.497 e. The van der Waals surface area contributed by atoms with Crippen LogP contribution in [0.15, 0.2) is 83.3 Å². The molecule has 212 valence electrons. The molecule has 0 spiro atoms. The average Bonchev–Trinajstić information content (AvgIpc) is 3.39. The Bertz CT molecular complexity index is 1660. The fourth-order valence-electron chi connectivity index (χ4n) is 4.25. The highest BCUT2D eigenvalue weighted by atomic mass is 35.5. The Morgan fingerprint density at radius 1 is 1.02 bits per heavy atom. The molecule has 1 aromatic heterocycles. The molecule has 0 fully saturated rings. The number of nitrogens with one attached hydrogen (secondary N) is 1. The van der Waals surface area contributed by atoms with E-state index in [-0.39, 0.29) is 23.9 Å². The quantitative estimate of drug-likeness (QED) is 0.0977. The lowest BCUT2D eigenvalue weighted by atomic mass is 10.0. The number of fused-ring (bicyclic) bond motifs is 1. The molecule has 0 radical (unpaired) electrons. The highest BCUT2D eigenvalue weighted by Gasteiger charge is 2.18. The number of methoxy groups -OCH3 is 1. The number of rotatable bonds is 10. The fourth-order valence-corrected chi connectivity index (χ4v) is 4.93. The molecule has 4 aromatic rings. The normalized spacial score (nSPS) is 12.8. The van der Waals surface area contributed by atoms with Gasteiger partial charge in [0.05, 0.1) is 35.9 Å². The molecule has 1 atom stereocenters. The van der Waals surface area contributed by atoms with Gasteiger partial charge in [0.15, 0.2) is 0 Å². The maximum atomic E-state index is 12.3. The maximum Gasteiger partial charge on any atom is 0.305 e. The number of aromatic nitrogens is 2. The number of carbonyl (C=O) groups excluding carboxylic acids is 1. The Kier molecular flexibility index (Phi) is 9.81. The van der Waals surface area contributed by atoms with Crippen molar-refractivity contribution in [2.45, 2.75) is 26.3 Å². The summed E-state index contributed by atoms with van der Waals surface area (Å²) in [5, 5.41) is 19.4. The summed E-state index contributed by atoms with van der Waals surface area (Å²) in [7, 11) is 1.65. The lowest BCUT2D eigenvalue weighted by Gasteiger charge is -2.17. The first-order chi connectivity index (χ1) is 19.5. The number of thiol groups is 1. The molecule has 0 saturated carbocycles. The molecule has 4 rings (SSSR count). The minimum atomic E-state index is -0.986. The molecule has 7 nitrogen and oxygen atoms in total. The van der Waals surface area contributed by atoms with Crippen molar-refractivity contribution in [1.82, 2.24) is 15.1 Å². The van der Waals surface area contributed by atoms with E-state index in [1.807, 2.05) is 67.1 Å². The van der Waals surface area contributed by atoms with Gasteiger partial charge in [0.2, 0.25) is 0 Å². The molecule has 2 N–H and O–H groups in total. The molecule has 0 bridgehead atoms. The van der Waals surface area contributed by atoms with Crippen molar-refractivity contribution in [3.63, 3.8) is 0 Å². The summed E-state index contributed by atoms with van der Waals surface area (Å²) in [5.74, 6) is -0.643. The first-order valence-corrected chi connectivity index (χ1v) is 14.0. The number of halogens is 2. The third kappa shape index (κ3) is 7.52. The van der Waals surface area contributed by atoms with Crippen LogP contribution in [0.4, 0.5) is 0 Å². The van der Waals surface area contributed by atoms with Crippen molar-refractivity contribution in [1.29, 1.82) is 0 Å². The molecular weight excluding hydrogens is 581 g/mol. The standard InChI is InChI=1S/C31H29Cl2N3O4S/c1-18(4-9-29(41)31(39)34-11-10-30(37)38)19(2)36-28(17-27(35-36)23-13-24(32)16-25(33)14-23)22-6-5-21-15-26(40-3)8-7-20(21)12-22/h4-9,12-17,19,41H,10-11H2,1-3H3,(H,34,39)(H,37,38)/b18-4+,29-9-. The van der Waals surface area contributed by atoms with Gasteiger partial charge in [-0.3, -0.25) is 14.3 Å². The van der Waals surface area contributed by atoms with E-state index < -0.39 is 11.9 Å². The van der Waals surface area contributed by atoms with E-state index >= 15 is 0 Å². The summed E-state index contributed by atoms with van der Waals surface area (Å²) in [5.41, 5.74) is 4.27. The summed E-state index contributed by atoms with van der Waals surface area (Å²) in [6.07, 6.45) is 3.23. The summed E-state index contributed by atoms with van der Waals surface area (Å²) in [4.78, 5) is 23.1. The number of ether oxygens (including phenoxy) is 1. The van der Waals surface area contributed by atoms with Crippen molar-refractivity contribution < 1.29 is 19.4 Å². The van der Waals surface area contributed by atoms with E-state index in [1.54, 1.807) is 25.3 Å². The van der Waals surface area contributed by atoms with Crippen molar-refractivity contribution in [3.8, 4) is 28.3 Å². The fraction of sp³-hybridized carbons (Fsp3) is 0.194. The lowest BCUT2D eigenvalue weighted by Crippen LogP contribution is -2.25. The molecule has 1 unspecified atom stereocenters. The van der Waals surface area contributed by atoms with Crippen LogP contribution in [0.2, 0.25) is 10.0 Å². The third-order valence-electron chi connectivity index (χ3n) is 6.62. The van der Waals surface area contributed by atoms with Gasteiger partial charge in [0, 0.05) is 27.7 Å². The summed E-state index contributed by atoms with van der Waals surface area (Å²) < 4.78 is 7.30. The molecule has 1 amide bonds. The Labute approximate surface area is 253 Å². The highest BCUT2D eigenvalue weighted by Crippen LogP contribution is 2.34. The number of allylic oxidation sites excluding steroid dienone is 3. The van der Waals surface area contributed by atoms with Gasteiger partial charge in [-0.15, -0.1) is 12.6 Å². The molecule has 1 heterocycles. The average molecular weight is 611 g/mol. The van der Waals surface area contributed by atoms with Crippen LogP contribution in [0.3, 0.4) is 0 Å². The van der Waals surface area contributed by atoms with Crippen LogP contribution < -0.4 is 10.1 Å². The number of carboxylic acids is 1. The van der Waals surface area contributed by atoms with Crippen LogP contribution in [0.25, 0.3) is 33.3 Å². The minimum Gasteiger partial charge on any atom is -0.497 e. The Balaban J connectivity index is 1.72. The maximum absolute atomic E-state index is 12.3. The van der Waals surface area contributed by atoms with Gasteiger partial charge >= 0.3 is 5.97 Å². The number of carbonyl (C=O) groups is 2. The van der Waals surface area contributed by atoms with E-state index in [1.165, 1.54) is 0 Å². The second kappa shape index (κ2) is 13.3. The number of hydrogen-bond acceptors (Lipinski definition) is 5. The first-order valence-electron chi connectivity index (χ1n) is 12.8.